The van der Waals surface area contributed by atoms with Gasteiger partial charge in [0.15, 0.2) is 5.13 Å². The molecule has 0 radical (unpaired) electrons. The maximum Gasteiger partial charge on any atom is 0.185 e. The van der Waals surface area contributed by atoms with Crippen molar-refractivity contribution in [3.63, 3.8) is 0 Å². The van der Waals surface area contributed by atoms with Gasteiger partial charge in [0.05, 0.1) is 0 Å². The van der Waals surface area contributed by atoms with Gasteiger partial charge in [0.1, 0.15) is 0 Å². The highest BCUT2D eigenvalue weighted by molar-refractivity contribution is 7.15. The maximum atomic E-state index is 4.48. The van der Waals surface area contributed by atoms with Crippen molar-refractivity contribution in [3.05, 3.63) is 40.9 Å². The molecule has 0 spiro atoms. The number of benzene rings is 1. The topological polar surface area (TPSA) is 19.4 Å². The zero-order chi connectivity index (χ0) is 13.2. The number of rotatable bonds is 2. The summed E-state index contributed by atoms with van der Waals surface area (Å²) >= 11 is 1.79. The predicted octanol–water partition coefficient (Wildman–Crippen LogP) is 3.09. The van der Waals surface area contributed by atoms with Gasteiger partial charge < -0.3 is 9.80 Å². The van der Waals surface area contributed by atoms with E-state index in [0.717, 1.165) is 26.2 Å². The highest BCUT2D eigenvalue weighted by Gasteiger charge is 2.19. The fourth-order valence-corrected chi connectivity index (χ4v) is 3.36. The van der Waals surface area contributed by atoms with Crippen molar-refractivity contribution in [2.45, 2.75) is 13.8 Å². The van der Waals surface area contributed by atoms with Gasteiger partial charge in [-0.3, -0.25) is 0 Å². The van der Waals surface area contributed by atoms with Gasteiger partial charge in [-0.25, -0.2) is 4.98 Å². The molecule has 0 bridgehead atoms. The van der Waals surface area contributed by atoms with Crippen LogP contribution in [0.1, 0.15) is 10.4 Å². The minimum atomic E-state index is 1.06. The molecular weight excluding hydrogens is 254 g/mol. The average Bonchev–Trinajstić information content (AvgIpc) is 2.86. The second kappa shape index (κ2) is 5.21. The van der Waals surface area contributed by atoms with Crippen molar-refractivity contribution in [1.29, 1.82) is 0 Å². The maximum absolute atomic E-state index is 4.48. The second-order valence-corrected chi connectivity index (χ2v) is 6.23. The minimum Gasteiger partial charge on any atom is -0.368 e. The first kappa shape index (κ1) is 12.5. The van der Waals surface area contributed by atoms with Crippen LogP contribution in [-0.4, -0.2) is 31.2 Å². The molecule has 1 aliphatic rings. The zero-order valence-corrected chi connectivity index (χ0v) is 12.3. The summed E-state index contributed by atoms with van der Waals surface area (Å²) in [6.45, 7) is 8.56. The molecule has 1 aromatic heterocycles. The van der Waals surface area contributed by atoms with Crippen molar-refractivity contribution in [1.82, 2.24) is 4.98 Å². The van der Waals surface area contributed by atoms with Crippen molar-refractivity contribution >= 4 is 22.2 Å². The first-order chi connectivity index (χ1) is 9.24. The average molecular weight is 273 g/mol. The molecule has 0 N–H and O–H groups in total. The lowest BCUT2D eigenvalue weighted by atomic mass is 10.1. The van der Waals surface area contributed by atoms with E-state index in [-0.39, 0.29) is 0 Å². The summed E-state index contributed by atoms with van der Waals surface area (Å²) in [5, 5.41) is 1.17. The number of piperazine rings is 1. The molecule has 19 heavy (non-hydrogen) atoms. The molecule has 0 aliphatic carbocycles. The Morgan fingerprint density at radius 1 is 1.00 bits per heavy atom. The van der Waals surface area contributed by atoms with Gasteiger partial charge in [-0.2, -0.15) is 0 Å². The van der Waals surface area contributed by atoms with Crippen LogP contribution in [0.25, 0.3) is 0 Å². The van der Waals surface area contributed by atoms with Crippen LogP contribution in [0.4, 0.5) is 10.8 Å². The van der Waals surface area contributed by atoms with E-state index in [2.05, 4.69) is 52.9 Å². The number of aryl methyl sites for hydroxylation is 2. The zero-order valence-electron chi connectivity index (χ0n) is 11.5. The Morgan fingerprint density at radius 3 is 2.32 bits per heavy atom. The number of aromatic nitrogens is 1. The molecule has 0 unspecified atom stereocenters. The molecule has 1 aliphatic heterocycles. The Balaban J connectivity index is 1.68. The number of para-hydroxylation sites is 1. The van der Waals surface area contributed by atoms with Crippen molar-refractivity contribution in [3.8, 4) is 0 Å². The normalized spacial score (nSPS) is 15.9. The second-order valence-electron chi connectivity index (χ2n) is 5.01. The van der Waals surface area contributed by atoms with E-state index in [1.54, 1.807) is 11.3 Å². The summed E-state index contributed by atoms with van der Waals surface area (Å²) in [6.07, 6.45) is 1.97. The molecule has 4 heteroatoms. The number of hydrogen-bond acceptors (Lipinski definition) is 4. The lowest BCUT2D eigenvalue weighted by molar-refractivity contribution is 0.651. The van der Waals surface area contributed by atoms with E-state index in [1.807, 2.05) is 6.20 Å². The first-order valence-corrected chi connectivity index (χ1v) is 7.53. The number of anilines is 2. The summed E-state index contributed by atoms with van der Waals surface area (Å²) < 4.78 is 0. The molecule has 1 fully saturated rings. The Labute approximate surface area is 118 Å². The Kier molecular flexibility index (Phi) is 3.42. The predicted molar refractivity (Wildman–Crippen MR) is 82.5 cm³/mol. The fourth-order valence-electron chi connectivity index (χ4n) is 2.55. The van der Waals surface area contributed by atoms with Crippen LogP contribution >= 0.6 is 11.3 Å². The smallest absolute Gasteiger partial charge is 0.185 e. The summed E-state index contributed by atoms with van der Waals surface area (Å²) in [6, 6.07) is 8.64. The van der Waals surface area contributed by atoms with Gasteiger partial charge in [0.25, 0.3) is 0 Å². The van der Waals surface area contributed by atoms with Crippen molar-refractivity contribution < 1.29 is 0 Å². The third-order valence-corrected chi connectivity index (χ3v) is 4.59. The largest absolute Gasteiger partial charge is 0.368 e. The fraction of sp³-hybridized carbons (Fsp3) is 0.400. The number of thiazole rings is 1. The number of nitrogens with zero attached hydrogens (tertiary/aromatic N) is 3. The lowest BCUT2D eigenvalue weighted by Gasteiger charge is -2.36. The van der Waals surface area contributed by atoms with E-state index in [9.17, 15) is 0 Å². The standard InChI is InChI=1S/C15H19N3S/c1-12-5-3-4-6-14(12)17-7-9-18(10-8-17)15-16-11-13(2)19-15/h3-6,11H,7-10H2,1-2H3. The van der Waals surface area contributed by atoms with Gasteiger partial charge in [-0.1, -0.05) is 18.2 Å². The number of hydrogen-bond donors (Lipinski definition) is 0. The van der Waals surface area contributed by atoms with Gasteiger partial charge in [0.2, 0.25) is 0 Å². The summed E-state index contributed by atoms with van der Waals surface area (Å²) in [7, 11) is 0. The van der Waals surface area contributed by atoms with Crippen molar-refractivity contribution in [2.75, 3.05) is 36.0 Å². The molecular formula is C15H19N3S. The van der Waals surface area contributed by atoms with Crippen LogP contribution in [0.5, 0.6) is 0 Å². The quantitative estimate of drug-likeness (QED) is 0.838. The van der Waals surface area contributed by atoms with E-state index < -0.39 is 0 Å². The van der Waals surface area contributed by atoms with E-state index in [0.29, 0.717) is 0 Å². The van der Waals surface area contributed by atoms with E-state index in [1.165, 1.54) is 21.3 Å². The van der Waals surface area contributed by atoms with Crippen LogP contribution in [0, 0.1) is 13.8 Å². The highest BCUT2D eigenvalue weighted by atomic mass is 32.1. The van der Waals surface area contributed by atoms with Crippen LogP contribution in [0.15, 0.2) is 30.5 Å². The van der Waals surface area contributed by atoms with Crippen LogP contribution < -0.4 is 9.80 Å². The van der Waals surface area contributed by atoms with Crippen LogP contribution in [0.3, 0.4) is 0 Å². The van der Waals surface area contributed by atoms with Gasteiger partial charge >= 0.3 is 0 Å². The van der Waals surface area contributed by atoms with Gasteiger partial charge in [-0.15, -0.1) is 11.3 Å². The van der Waals surface area contributed by atoms with Crippen LogP contribution in [0.2, 0.25) is 0 Å². The van der Waals surface area contributed by atoms with E-state index in [4.69, 9.17) is 0 Å². The monoisotopic (exact) mass is 273 g/mol. The van der Waals surface area contributed by atoms with Crippen molar-refractivity contribution in [2.24, 2.45) is 0 Å². The summed E-state index contributed by atoms with van der Waals surface area (Å²) in [4.78, 5) is 10.6. The lowest BCUT2D eigenvalue weighted by Crippen LogP contribution is -2.46. The molecule has 100 valence electrons. The first-order valence-electron chi connectivity index (χ1n) is 6.72. The third kappa shape index (κ3) is 2.59. The highest BCUT2D eigenvalue weighted by Crippen LogP contribution is 2.25. The van der Waals surface area contributed by atoms with Gasteiger partial charge in [-0.05, 0) is 25.5 Å². The Hall–Kier alpha value is -1.55. The summed E-state index contributed by atoms with van der Waals surface area (Å²) in [5.74, 6) is 0. The molecule has 2 heterocycles. The molecule has 0 atom stereocenters. The Bertz CT molecular complexity index is 556. The summed E-state index contributed by atoms with van der Waals surface area (Å²) in [5.41, 5.74) is 2.73. The molecule has 3 nitrogen and oxygen atoms in total. The SMILES string of the molecule is Cc1cnc(N2CCN(c3ccccc3C)CC2)s1. The van der Waals surface area contributed by atoms with Crippen LogP contribution in [-0.2, 0) is 0 Å². The molecule has 1 aromatic carbocycles. The Morgan fingerprint density at radius 2 is 1.68 bits per heavy atom. The molecule has 3 rings (SSSR count). The third-order valence-electron chi connectivity index (χ3n) is 3.62. The minimum absolute atomic E-state index is 1.06. The molecule has 0 amide bonds. The van der Waals surface area contributed by atoms with Gasteiger partial charge in [0, 0.05) is 42.9 Å². The molecule has 0 saturated carbocycles. The molecule has 2 aromatic rings. The van der Waals surface area contributed by atoms with E-state index >= 15 is 0 Å². The molecule has 1 saturated heterocycles.